The first-order chi connectivity index (χ1) is 11.6. The summed E-state index contributed by atoms with van der Waals surface area (Å²) in [5.41, 5.74) is 11.7. The second-order valence-electron chi connectivity index (χ2n) is 8.70. The van der Waals surface area contributed by atoms with E-state index in [0.29, 0.717) is 26.4 Å². The Morgan fingerprint density at radius 2 is 1.08 bits per heavy atom. The summed E-state index contributed by atoms with van der Waals surface area (Å²) in [6, 6.07) is -0.00724. The third kappa shape index (κ3) is 3.89. The van der Waals surface area contributed by atoms with E-state index in [0.717, 1.165) is 12.8 Å². The van der Waals surface area contributed by atoms with Gasteiger partial charge in [-0.25, -0.2) is 0 Å². The minimum atomic E-state index is -0.286. The van der Waals surface area contributed by atoms with Crippen molar-refractivity contribution >= 4 is 0 Å². The number of hydrogen-bond donors (Lipinski definition) is 2. The average Bonchev–Trinajstić information content (AvgIpc) is 2.61. The van der Waals surface area contributed by atoms with Gasteiger partial charge in [0.2, 0.25) is 0 Å². The molecule has 0 radical (unpaired) electrons. The van der Waals surface area contributed by atoms with E-state index in [9.17, 15) is 0 Å². The maximum atomic E-state index is 6.17. The normalized spacial score (nSPS) is 37.9. The molecule has 2 saturated heterocycles. The van der Waals surface area contributed by atoms with E-state index in [-0.39, 0.29) is 40.9 Å². The van der Waals surface area contributed by atoms with Crippen LogP contribution in [0.1, 0.15) is 54.4 Å². The minimum Gasteiger partial charge on any atom is -0.351 e. The molecule has 0 amide bonds. The fraction of sp³-hybridized carbons (Fsp3) is 1.00. The quantitative estimate of drug-likeness (QED) is 0.757. The van der Waals surface area contributed by atoms with E-state index in [2.05, 4.69) is 27.7 Å². The van der Waals surface area contributed by atoms with Crippen LogP contribution in [-0.4, -0.2) is 51.1 Å². The Balaban J connectivity index is 1.96. The number of ether oxygens (including phenoxy) is 4. The van der Waals surface area contributed by atoms with Gasteiger partial charge in [0.15, 0.2) is 12.6 Å². The summed E-state index contributed by atoms with van der Waals surface area (Å²) in [5.74, 6) is 0. The minimum absolute atomic E-state index is 0.00362. The van der Waals surface area contributed by atoms with Gasteiger partial charge >= 0.3 is 0 Å². The van der Waals surface area contributed by atoms with E-state index in [1.807, 2.05) is 13.8 Å². The third-order valence-electron chi connectivity index (χ3n) is 6.84. The molecule has 0 aromatic carbocycles. The van der Waals surface area contributed by atoms with E-state index in [1.165, 1.54) is 0 Å². The van der Waals surface area contributed by atoms with Gasteiger partial charge in [-0.15, -0.1) is 0 Å². The first kappa shape index (κ1) is 21.1. The van der Waals surface area contributed by atoms with E-state index in [4.69, 9.17) is 30.4 Å². The van der Waals surface area contributed by atoms with Gasteiger partial charge in [0.1, 0.15) is 0 Å². The van der Waals surface area contributed by atoms with Crippen molar-refractivity contribution in [2.24, 2.45) is 27.7 Å². The fourth-order valence-electron chi connectivity index (χ4n) is 3.52. The molecule has 2 aliphatic heterocycles. The van der Waals surface area contributed by atoms with Crippen molar-refractivity contribution in [2.45, 2.75) is 79.0 Å². The molecule has 0 bridgehead atoms. The van der Waals surface area contributed by atoms with Crippen LogP contribution in [0.25, 0.3) is 0 Å². The van der Waals surface area contributed by atoms with Crippen LogP contribution in [0.4, 0.5) is 0 Å². The zero-order valence-corrected chi connectivity index (χ0v) is 16.8. The topological polar surface area (TPSA) is 89.0 Å². The summed E-state index contributed by atoms with van der Waals surface area (Å²) in [7, 11) is 0. The van der Waals surface area contributed by atoms with Crippen molar-refractivity contribution in [2.75, 3.05) is 26.4 Å². The lowest BCUT2D eigenvalue weighted by Gasteiger charge is -2.51. The Morgan fingerprint density at radius 1 is 0.800 bits per heavy atom. The molecule has 2 rings (SSSR count). The van der Waals surface area contributed by atoms with Gasteiger partial charge in [0.05, 0.1) is 31.8 Å². The lowest BCUT2D eigenvalue weighted by Crippen LogP contribution is -2.59. The number of rotatable bonds is 6. The van der Waals surface area contributed by atoms with Crippen molar-refractivity contribution in [1.82, 2.24) is 0 Å². The van der Waals surface area contributed by atoms with Crippen LogP contribution in [0, 0.1) is 16.2 Å². The summed E-state index contributed by atoms with van der Waals surface area (Å²) < 4.78 is 24.4. The predicted octanol–water partition coefficient (Wildman–Crippen LogP) is 2.25. The SMILES string of the molecule is CCC(C)(C(C)N)C1OCC2(CO1)COC(C(C)(CC)C(C)N)OC2. The predicted molar refractivity (Wildman–Crippen MR) is 97.9 cm³/mol. The summed E-state index contributed by atoms with van der Waals surface area (Å²) in [6.07, 6.45) is 1.23. The zero-order valence-electron chi connectivity index (χ0n) is 16.8. The Bertz CT molecular complexity index is 386. The maximum Gasteiger partial charge on any atom is 0.164 e. The first-order valence-corrected chi connectivity index (χ1v) is 9.61. The van der Waals surface area contributed by atoms with Crippen molar-refractivity contribution in [3.63, 3.8) is 0 Å². The lowest BCUT2D eigenvalue weighted by atomic mass is 9.78. The number of nitrogens with two attached hydrogens (primary N) is 2. The van der Waals surface area contributed by atoms with Gasteiger partial charge in [-0.1, -0.05) is 27.7 Å². The third-order valence-corrected chi connectivity index (χ3v) is 6.84. The second-order valence-corrected chi connectivity index (χ2v) is 8.70. The largest absolute Gasteiger partial charge is 0.351 e. The van der Waals surface area contributed by atoms with E-state index < -0.39 is 0 Å². The molecule has 0 aliphatic carbocycles. The Kier molecular flexibility index (Phi) is 6.56. The molecule has 0 saturated carbocycles. The van der Waals surface area contributed by atoms with Crippen molar-refractivity contribution < 1.29 is 18.9 Å². The molecule has 4 atom stereocenters. The fourth-order valence-corrected chi connectivity index (χ4v) is 3.52. The van der Waals surface area contributed by atoms with Crippen LogP contribution < -0.4 is 11.5 Å². The Morgan fingerprint density at radius 3 is 1.28 bits per heavy atom. The smallest absolute Gasteiger partial charge is 0.164 e. The highest BCUT2D eigenvalue weighted by Gasteiger charge is 2.50. The van der Waals surface area contributed by atoms with Crippen molar-refractivity contribution in [1.29, 1.82) is 0 Å². The molecule has 25 heavy (non-hydrogen) atoms. The van der Waals surface area contributed by atoms with E-state index >= 15 is 0 Å². The van der Waals surface area contributed by atoms with Gasteiger partial charge in [-0.05, 0) is 26.7 Å². The van der Waals surface area contributed by atoms with Crippen LogP contribution in [0.2, 0.25) is 0 Å². The lowest BCUT2D eigenvalue weighted by molar-refractivity contribution is -0.338. The molecule has 148 valence electrons. The molecule has 0 aromatic rings. The number of hydrogen-bond acceptors (Lipinski definition) is 6. The van der Waals surface area contributed by atoms with Crippen LogP contribution in [0.3, 0.4) is 0 Å². The Labute approximate surface area is 152 Å². The molecule has 2 fully saturated rings. The molecular weight excluding hydrogens is 320 g/mol. The summed E-state index contributed by atoms with van der Waals surface area (Å²) in [4.78, 5) is 0. The molecular formula is C19H38N2O4. The molecule has 0 aromatic heterocycles. The van der Waals surface area contributed by atoms with Crippen molar-refractivity contribution in [3.8, 4) is 0 Å². The zero-order chi connectivity index (χ0) is 18.9. The highest BCUT2D eigenvalue weighted by Crippen LogP contribution is 2.41. The van der Waals surface area contributed by atoms with Gasteiger partial charge in [0.25, 0.3) is 0 Å². The Hall–Kier alpha value is -0.240. The molecule has 6 heteroatoms. The van der Waals surface area contributed by atoms with Crippen LogP contribution in [0.15, 0.2) is 0 Å². The van der Waals surface area contributed by atoms with Gasteiger partial charge in [-0.2, -0.15) is 0 Å². The average molecular weight is 359 g/mol. The highest BCUT2D eigenvalue weighted by atomic mass is 16.7. The van der Waals surface area contributed by atoms with Gasteiger partial charge in [0, 0.05) is 22.9 Å². The van der Waals surface area contributed by atoms with Crippen LogP contribution >= 0.6 is 0 Å². The standard InChI is InChI=1S/C19H38N2O4/c1-7-17(5,13(3)20)15-22-9-19(10-23-15)11-24-16(25-12-19)18(6,8-2)14(4)21/h13-16H,7-12,20-21H2,1-6H3. The molecule has 1 spiro atoms. The monoisotopic (exact) mass is 358 g/mol. The van der Waals surface area contributed by atoms with Crippen molar-refractivity contribution in [3.05, 3.63) is 0 Å². The van der Waals surface area contributed by atoms with Crippen LogP contribution in [-0.2, 0) is 18.9 Å². The highest BCUT2D eigenvalue weighted by molar-refractivity contribution is 4.93. The second kappa shape index (κ2) is 7.79. The maximum absolute atomic E-state index is 6.17. The summed E-state index contributed by atoms with van der Waals surface area (Å²) in [5, 5.41) is 0. The molecule has 4 unspecified atom stereocenters. The van der Waals surface area contributed by atoms with Crippen LogP contribution in [0.5, 0.6) is 0 Å². The summed E-state index contributed by atoms with van der Waals surface area (Å²) >= 11 is 0. The van der Waals surface area contributed by atoms with E-state index in [1.54, 1.807) is 0 Å². The van der Waals surface area contributed by atoms with Gasteiger partial charge < -0.3 is 30.4 Å². The molecule has 2 heterocycles. The van der Waals surface area contributed by atoms with Gasteiger partial charge in [-0.3, -0.25) is 0 Å². The molecule has 2 aliphatic rings. The molecule has 4 N–H and O–H groups in total. The first-order valence-electron chi connectivity index (χ1n) is 9.61. The molecule has 6 nitrogen and oxygen atoms in total. The summed E-state index contributed by atoms with van der Waals surface area (Å²) in [6.45, 7) is 14.8.